The molecule has 0 bridgehead atoms. The summed E-state index contributed by atoms with van der Waals surface area (Å²) in [6.45, 7) is 44.6. The van der Waals surface area contributed by atoms with E-state index in [9.17, 15) is 0 Å². The molecular weight excluding hydrogens is 855 g/mol. The van der Waals surface area contributed by atoms with Crippen LogP contribution in [0.4, 0.5) is 0 Å². The van der Waals surface area contributed by atoms with Crippen LogP contribution in [0.15, 0.2) is 121 Å². The lowest BCUT2D eigenvalue weighted by molar-refractivity contribution is 0.385. The molecule has 0 fully saturated rings. The molecule has 0 aromatic heterocycles. The van der Waals surface area contributed by atoms with Gasteiger partial charge in [-0.3, -0.25) is 8.68 Å². The Bertz CT molecular complexity index is 1680. The van der Waals surface area contributed by atoms with Crippen LogP contribution in [0.25, 0.3) is 0 Å². The minimum atomic E-state index is -2.18. The number of hydrogen-bond donors (Lipinski definition) is 0. The fourth-order valence-corrected chi connectivity index (χ4v) is 59.2. The average molecular weight is 930 g/mol. The summed E-state index contributed by atoms with van der Waals surface area (Å²) < 4.78 is 11.3. The van der Waals surface area contributed by atoms with Crippen LogP contribution < -0.4 is 21.2 Å². The number of benzene rings is 4. The maximum Gasteiger partial charge on any atom is 0.142 e. The van der Waals surface area contributed by atoms with Gasteiger partial charge in [-0.25, -0.2) is 8.89 Å². The molecule has 4 rings (SSSR count). The first-order chi connectivity index (χ1) is 25.4. The highest BCUT2D eigenvalue weighted by Crippen LogP contribution is 2.55. The summed E-state index contributed by atoms with van der Waals surface area (Å²) in [7, 11) is -10.2. The number of rotatable bonds is 14. The summed E-state index contributed by atoms with van der Waals surface area (Å²) in [5.74, 6) is 0. The summed E-state index contributed by atoms with van der Waals surface area (Å²) in [5, 5.41) is 5.22. The molecule has 4 aromatic carbocycles. The molecule has 0 N–H and O–H groups in total. The molecule has 0 aliphatic rings. The van der Waals surface area contributed by atoms with Crippen molar-refractivity contribution in [1.82, 2.24) is 17.6 Å². The van der Waals surface area contributed by atoms with Gasteiger partial charge in [-0.15, -0.1) is 0 Å². The second-order valence-electron chi connectivity index (χ2n) is 20.7. The third-order valence-corrected chi connectivity index (χ3v) is 42.4. The lowest BCUT2D eigenvalue weighted by atomic mass is 10.4. The second-order valence-corrected chi connectivity index (χ2v) is 59.3. The van der Waals surface area contributed by atoms with E-state index < -0.39 is 61.8 Å². The van der Waals surface area contributed by atoms with E-state index in [0.29, 0.717) is 0 Å². The van der Waals surface area contributed by atoms with Gasteiger partial charge in [-0.1, -0.05) is 263 Å². The van der Waals surface area contributed by atoms with Gasteiger partial charge in [-0.05, 0) is 0 Å². The molecule has 0 aliphatic carbocycles. The van der Waals surface area contributed by atoms with E-state index in [1.165, 1.54) is 21.2 Å². The maximum atomic E-state index is 6.79. The van der Waals surface area contributed by atoms with Gasteiger partial charge in [0.1, 0.15) is 49.4 Å². The average Bonchev–Trinajstić information content (AvgIpc) is 3.07. The molecule has 56 heavy (non-hydrogen) atoms. The van der Waals surface area contributed by atoms with Crippen molar-refractivity contribution in [2.45, 2.75) is 118 Å². The normalized spacial score (nSPS) is 14.0. The molecule has 0 aliphatic heterocycles. The van der Waals surface area contributed by atoms with Gasteiger partial charge < -0.3 is 0 Å². The van der Waals surface area contributed by atoms with Crippen LogP contribution in [0.3, 0.4) is 0 Å². The first-order valence-corrected chi connectivity index (χ1v) is 46.2. The van der Waals surface area contributed by atoms with E-state index in [0.717, 1.165) is 0 Å². The first kappa shape index (κ1) is 49.7. The highest BCUT2D eigenvalue weighted by Gasteiger charge is 2.51. The third kappa shape index (κ3) is 11.8. The molecule has 0 saturated carbocycles. The molecule has 0 amide bonds. The zero-order valence-electron chi connectivity index (χ0n) is 38.0. The zero-order valence-corrected chi connectivity index (χ0v) is 47.5. The van der Waals surface area contributed by atoms with Crippen molar-refractivity contribution in [3.8, 4) is 0 Å². The van der Waals surface area contributed by atoms with Crippen molar-refractivity contribution in [3.05, 3.63) is 121 Å². The highest BCUT2D eigenvalue weighted by atomic mass is 32.4. The minimum Gasteiger partial charge on any atom is -0.286 e. The largest absolute Gasteiger partial charge is 0.286 e. The molecule has 308 valence electrons. The molecule has 4 nitrogen and oxygen atoms in total. The molecule has 0 radical (unpaired) electrons. The predicted molar refractivity (Wildman–Crippen MR) is 280 cm³/mol. The zero-order chi connectivity index (χ0) is 42.8. The molecule has 0 saturated heterocycles. The Morgan fingerprint density at radius 3 is 0.571 bits per heavy atom. The van der Waals surface area contributed by atoms with Gasteiger partial charge in [0, 0.05) is 21.2 Å². The predicted octanol–water partition coefficient (Wildman–Crippen LogP) is 12.1. The molecule has 0 heterocycles. The lowest BCUT2D eigenvalue weighted by Gasteiger charge is -2.58. The van der Waals surface area contributed by atoms with E-state index in [-0.39, 0.29) is 0 Å². The van der Waals surface area contributed by atoms with E-state index in [4.69, 9.17) is 23.6 Å². The first-order valence-electron chi connectivity index (χ1n) is 20.0. The fraction of sp³-hybridized carbons (Fsp3) is 0.429. The van der Waals surface area contributed by atoms with Crippen molar-refractivity contribution in [3.63, 3.8) is 0 Å². The van der Waals surface area contributed by atoms with Gasteiger partial charge in [0.25, 0.3) is 0 Å². The molecule has 14 heteroatoms. The maximum absolute atomic E-state index is 6.79. The summed E-state index contributed by atoms with van der Waals surface area (Å²) in [6, 6.07) is 43.6. The number of hydrogen-bond acceptors (Lipinski definition) is 4. The Morgan fingerprint density at radius 1 is 0.286 bits per heavy atom. The second kappa shape index (κ2) is 18.5. The van der Waals surface area contributed by atoms with Crippen LogP contribution in [0.1, 0.15) is 0 Å². The Morgan fingerprint density at radius 2 is 0.446 bits per heavy atom. The Labute approximate surface area is 360 Å². The quantitative estimate of drug-likeness (QED) is 0.0705. The van der Waals surface area contributed by atoms with Crippen LogP contribution in [0.5, 0.6) is 0 Å². The van der Waals surface area contributed by atoms with Gasteiger partial charge in [-0.2, -0.15) is 0 Å². The molecule has 0 atom stereocenters. The Hall–Kier alpha value is -0.679. The highest BCUT2D eigenvalue weighted by molar-refractivity contribution is 8.21. The van der Waals surface area contributed by atoms with Crippen LogP contribution in [0.2, 0.25) is 118 Å². The van der Waals surface area contributed by atoms with Crippen LogP contribution in [0, 0.1) is 0 Å². The van der Waals surface area contributed by atoms with E-state index >= 15 is 0 Å². The summed E-state index contributed by atoms with van der Waals surface area (Å²) in [5.41, 5.74) is 0. The topological polar surface area (TPSA) is 13.0 Å². The molecular formula is C42H74N4P2S2Si6. The molecule has 0 spiro atoms. The van der Waals surface area contributed by atoms with Crippen molar-refractivity contribution < 1.29 is 0 Å². The van der Waals surface area contributed by atoms with Crippen LogP contribution in [-0.4, -0.2) is 67.0 Å². The smallest absolute Gasteiger partial charge is 0.142 e. The van der Waals surface area contributed by atoms with Crippen molar-refractivity contribution >= 4 is 107 Å². The Kier molecular flexibility index (Phi) is 16.4. The summed E-state index contributed by atoms with van der Waals surface area (Å²) in [6.07, 6.45) is -4.36. The molecule has 0 unspecified atom stereocenters. The van der Waals surface area contributed by atoms with Gasteiger partial charge >= 0.3 is 0 Å². The van der Waals surface area contributed by atoms with Crippen LogP contribution in [-0.2, 0) is 23.6 Å². The molecule has 4 aromatic rings. The monoisotopic (exact) mass is 928 g/mol. The van der Waals surface area contributed by atoms with E-state index in [1.54, 1.807) is 0 Å². The minimum absolute atomic E-state index is 1.31. The number of hydrazine groups is 2. The van der Waals surface area contributed by atoms with Gasteiger partial charge in [0.15, 0.2) is 0 Å². The van der Waals surface area contributed by atoms with Crippen LogP contribution >= 0.6 is 12.4 Å². The summed E-state index contributed by atoms with van der Waals surface area (Å²) >= 11 is 13.6. The fourth-order valence-electron chi connectivity index (χ4n) is 8.10. The number of nitrogens with zero attached hydrogens (tertiary/aromatic N) is 4. The van der Waals surface area contributed by atoms with Crippen molar-refractivity contribution in [1.29, 1.82) is 0 Å². The lowest BCUT2D eigenvalue weighted by Crippen LogP contribution is -2.71. The van der Waals surface area contributed by atoms with Gasteiger partial charge in [0.2, 0.25) is 0 Å². The van der Waals surface area contributed by atoms with E-state index in [1.807, 2.05) is 0 Å². The van der Waals surface area contributed by atoms with Crippen molar-refractivity contribution in [2.75, 3.05) is 0 Å². The summed E-state index contributed by atoms with van der Waals surface area (Å²) in [4.78, 5) is 0. The van der Waals surface area contributed by atoms with E-state index in [2.05, 4.69) is 257 Å². The standard InChI is InChI=1S/2C21H37N2PSSi3/c2*1-26(2,3)22(23(27(4,5)6)28(7,8)9)24(25,20-16-12-10-13-17-20)21-18-14-11-15-19-21/h2*10-19H,1-9H3. The Balaban J connectivity index is 0.000000300. The third-order valence-electron chi connectivity index (χ3n) is 9.08. The SMILES string of the molecule is C[Si](C)(C)N(N([Si](C)(C)C)P(=S)(c1ccccc1)c1ccccc1)[Si](C)(C)C.C[Si](C)(C)N(N([Si](C)(C)C)P(=S)(c1ccccc1)c1ccccc1)[Si](C)(C)C. The van der Waals surface area contributed by atoms with Gasteiger partial charge in [0.05, 0.1) is 12.4 Å². The van der Waals surface area contributed by atoms with Crippen molar-refractivity contribution in [2.24, 2.45) is 0 Å².